The van der Waals surface area contributed by atoms with Crippen molar-refractivity contribution in [3.63, 3.8) is 0 Å². The largest absolute Gasteiger partial charge is 0.457 e. The third-order valence-corrected chi connectivity index (χ3v) is 2.38. The number of ether oxygens (including phenoxy) is 1. The van der Waals surface area contributed by atoms with Crippen LogP contribution in [0.15, 0.2) is 42.5 Å². The summed E-state index contributed by atoms with van der Waals surface area (Å²) in [6.07, 6.45) is 0. The van der Waals surface area contributed by atoms with Gasteiger partial charge in [-0.3, -0.25) is 0 Å². The van der Waals surface area contributed by atoms with Crippen molar-refractivity contribution in [2.75, 3.05) is 0 Å². The van der Waals surface area contributed by atoms with Gasteiger partial charge in [0.1, 0.15) is 11.5 Å². The van der Waals surface area contributed by atoms with Gasteiger partial charge in [0.25, 0.3) is 0 Å². The van der Waals surface area contributed by atoms with Gasteiger partial charge < -0.3 is 4.74 Å². The predicted octanol–water partition coefficient (Wildman–Crippen LogP) is 4.58. The van der Waals surface area contributed by atoms with Crippen LogP contribution in [0.4, 0.5) is 5.69 Å². The Kier molecular flexibility index (Phi) is 3.06. The first kappa shape index (κ1) is 11.2. The molecule has 0 aliphatic carbocycles. The monoisotopic (exact) mass is 225 g/mol. The molecule has 0 saturated heterocycles. The second-order valence-electron chi connectivity index (χ2n) is 4.02. The summed E-state index contributed by atoms with van der Waals surface area (Å²) < 4.78 is 5.72. The van der Waals surface area contributed by atoms with Crippen LogP contribution in [0.5, 0.6) is 11.5 Å². The molecule has 0 heterocycles. The Morgan fingerprint density at radius 2 is 1.47 bits per heavy atom. The normalized spacial score (nSPS) is 9.71. The Balaban J connectivity index is 2.22. The first-order valence-electron chi connectivity index (χ1n) is 5.39. The van der Waals surface area contributed by atoms with Gasteiger partial charge in [-0.2, -0.15) is 0 Å². The Labute approximate surface area is 100 Å². The molecule has 2 aromatic rings. The number of nitrogens with zero attached hydrogens (tertiary/aromatic N) is 2. The average Bonchev–Trinajstić information content (AvgIpc) is 2.28. The molecule has 3 nitrogen and oxygen atoms in total. The molecule has 0 bridgehead atoms. The zero-order chi connectivity index (χ0) is 12.3. The van der Waals surface area contributed by atoms with E-state index in [1.807, 2.05) is 26.0 Å². The van der Waals surface area contributed by atoms with Gasteiger partial charge in [0, 0.05) is 12.1 Å². The van der Waals surface area contributed by atoms with E-state index in [1.54, 1.807) is 24.3 Å². The summed E-state index contributed by atoms with van der Waals surface area (Å²) in [6.45, 7) is 4.07. The first-order valence-corrected chi connectivity index (χ1v) is 5.39. The van der Waals surface area contributed by atoms with E-state index in [4.69, 9.17) is 10.1 Å². The summed E-state index contributed by atoms with van der Waals surface area (Å²) >= 11 is 0. The van der Waals surface area contributed by atoms with E-state index in [0.29, 0.717) is 5.69 Å². The highest BCUT2D eigenvalue weighted by molar-refractivity contribution is 5.47. The van der Waals surface area contributed by atoms with Gasteiger partial charge >= 0.3 is 5.69 Å². The molecule has 0 aromatic heterocycles. The average molecular weight is 225 g/mol. The topological polar surface area (TPSA) is 37.4 Å². The van der Waals surface area contributed by atoms with Gasteiger partial charge in [-0.1, -0.05) is 6.07 Å². The van der Waals surface area contributed by atoms with E-state index < -0.39 is 0 Å². The molecule has 0 spiro atoms. The van der Waals surface area contributed by atoms with E-state index >= 15 is 0 Å². The lowest BCUT2D eigenvalue weighted by molar-refractivity contribution is 0.482. The lowest BCUT2D eigenvalue weighted by atomic mass is 10.1. The van der Waals surface area contributed by atoms with Crippen LogP contribution in [0, 0.1) is 19.2 Å². The molecule has 17 heavy (non-hydrogen) atoms. The maximum absolute atomic E-state index is 8.58. The second kappa shape index (κ2) is 4.67. The molecule has 2 aromatic carbocycles. The zero-order valence-electron chi connectivity index (χ0n) is 9.84. The molecule has 0 aliphatic heterocycles. The standard InChI is InChI=1S/C14H13N2O/c1-10-7-11(2)9-14(8-10)17-13-5-3-12(16-15)4-6-13/h3-9H,1-2H3/q+1. The van der Waals surface area contributed by atoms with Gasteiger partial charge in [-0.25, -0.2) is 0 Å². The summed E-state index contributed by atoms with van der Waals surface area (Å²) in [5.74, 6) is 1.54. The van der Waals surface area contributed by atoms with Crippen LogP contribution in [-0.2, 0) is 0 Å². The summed E-state index contributed by atoms with van der Waals surface area (Å²) in [6, 6.07) is 13.0. The van der Waals surface area contributed by atoms with Gasteiger partial charge in [-0.15, -0.1) is 0 Å². The van der Waals surface area contributed by atoms with Crippen LogP contribution in [0.1, 0.15) is 11.1 Å². The van der Waals surface area contributed by atoms with E-state index in [1.165, 1.54) is 11.1 Å². The molecule has 0 unspecified atom stereocenters. The molecule has 0 aliphatic rings. The molecule has 0 fully saturated rings. The summed E-state index contributed by atoms with van der Waals surface area (Å²) in [7, 11) is 0. The van der Waals surface area contributed by atoms with Gasteiger partial charge in [-0.05, 0) is 49.2 Å². The van der Waals surface area contributed by atoms with E-state index in [-0.39, 0.29) is 0 Å². The van der Waals surface area contributed by atoms with Crippen molar-refractivity contribution in [1.29, 1.82) is 5.39 Å². The fraction of sp³-hybridized carbons (Fsp3) is 0.143. The molecule has 3 heteroatoms. The van der Waals surface area contributed by atoms with E-state index in [2.05, 4.69) is 11.0 Å². The van der Waals surface area contributed by atoms with Crippen LogP contribution in [0.25, 0.3) is 4.98 Å². The van der Waals surface area contributed by atoms with Crippen molar-refractivity contribution in [2.45, 2.75) is 13.8 Å². The van der Waals surface area contributed by atoms with E-state index in [9.17, 15) is 0 Å². The number of hydrogen-bond donors (Lipinski definition) is 0. The fourth-order valence-corrected chi connectivity index (χ4v) is 1.71. The maximum Gasteiger partial charge on any atom is 0.385 e. The van der Waals surface area contributed by atoms with Crippen LogP contribution in [0.2, 0.25) is 0 Å². The maximum atomic E-state index is 8.58. The minimum atomic E-state index is 0.512. The molecule has 2 rings (SSSR count). The third kappa shape index (κ3) is 2.82. The molecular formula is C14H13N2O+. The van der Waals surface area contributed by atoms with E-state index in [0.717, 1.165) is 11.5 Å². The van der Waals surface area contributed by atoms with Gasteiger partial charge in [0.2, 0.25) is 5.39 Å². The number of aryl methyl sites for hydroxylation is 2. The summed E-state index contributed by atoms with van der Waals surface area (Å²) in [5, 5.41) is 8.58. The predicted molar refractivity (Wildman–Crippen MR) is 67.2 cm³/mol. The highest BCUT2D eigenvalue weighted by Crippen LogP contribution is 2.25. The number of rotatable bonds is 2. The van der Waals surface area contributed by atoms with Crippen molar-refractivity contribution >= 4 is 5.69 Å². The molecule has 0 radical (unpaired) electrons. The van der Waals surface area contributed by atoms with Crippen LogP contribution in [0.3, 0.4) is 0 Å². The third-order valence-electron chi connectivity index (χ3n) is 2.38. The molecule has 84 valence electrons. The quantitative estimate of drug-likeness (QED) is 0.701. The van der Waals surface area contributed by atoms with Crippen molar-refractivity contribution in [2.24, 2.45) is 0 Å². The zero-order valence-corrected chi connectivity index (χ0v) is 9.84. The Bertz CT molecular complexity index is 548. The summed E-state index contributed by atoms with van der Waals surface area (Å²) in [4.78, 5) is 3.09. The lowest BCUT2D eigenvalue weighted by Gasteiger charge is -2.06. The minimum Gasteiger partial charge on any atom is -0.457 e. The van der Waals surface area contributed by atoms with Crippen molar-refractivity contribution in [1.82, 2.24) is 0 Å². The van der Waals surface area contributed by atoms with Crippen LogP contribution < -0.4 is 4.74 Å². The highest BCUT2D eigenvalue weighted by Gasteiger charge is 2.04. The lowest BCUT2D eigenvalue weighted by Crippen LogP contribution is -1.86. The number of benzene rings is 2. The SMILES string of the molecule is Cc1cc(C)cc(Oc2ccc([N+]#N)cc2)c1. The molecule has 0 amide bonds. The second-order valence-corrected chi connectivity index (χ2v) is 4.02. The first-order chi connectivity index (χ1) is 8.17. The smallest absolute Gasteiger partial charge is 0.385 e. The molecule has 0 saturated carbocycles. The van der Waals surface area contributed by atoms with Crippen LogP contribution in [-0.4, -0.2) is 0 Å². The molecule has 0 N–H and O–H groups in total. The Hall–Kier alpha value is -2.34. The van der Waals surface area contributed by atoms with Crippen molar-refractivity contribution in [3.05, 3.63) is 58.6 Å². The van der Waals surface area contributed by atoms with Crippen LogP contribution >= 0.6 is 0 Å². The minimum absolute atomic E-state index is 0.512. The molecular weight excluding hydrogens is 212 g/mol. The highest BCUT2D eigenvalue weighted by atomic mass is 16.5. The Morgan fingerprint density at radius 3 is 2.00 bits per heavy atom. The molecule has 0 atom stereocenters. The van der Waals surface area contributed by atoms with Gasteiger partial charge in [0.15, 0.2) is 4.98 Å². The fourth-order valence-electron chi connectivity index (χ4n) is 1.71. The number of hydrogen-bond acceptors (Lipinski definition) is 2. The van der Waals surface area contributed by atoms with Crippen molar-refractivity contribution < 1.29 is 4.74 Å². The number of diazo groups is 1. The van der Waals surface area contributed by atoms with Crippen molar-refractivity contribution in [3.8, 4) is 11.5 Å². The van der Waals surface area contributed by atoms with Gasteiger partial charge in [0.05, 0.1) is 0 Å². The summed E-state index contributed by atoms with van der Waals surface area (Å²) in [5.41, 5.74) is 2.85. The Morgan fingerprint density at radius 1 is 0.882 bits per heavy atom.